The smallest absolute Gasteiger partial charge is 0.159 e. The Morgan fingerprint density at radius 3 is 2.82 bits per heavy atom. The van der Waals surface area contributed by atoms with Crippen molar-refractivity contribution in [2.24, 2.45) is 0 Å². The molecule has 0 atom stereocenters. The first kappa shape index (κ1) is 10.2. The Labute approximate surface area is 99.9 Å². The zero-order valence-corrected chi connectivity index (χ0v) is 9.72. The highest BCUT2D eigenvalue weighted by Gasteiger charge is 2.27. The highest BCUT2D eigenvalue weighted by Crippen LogP contribution is 2.41. The van der Waals surface area contributed by atoms with E-state index in [1.54, 1.807) is 12.4 Å². The fourth-order valence-corrected chi connectivity index (χ4v) is 1.94. The second kappa shape index (κ2) is 3.80. The molecule has 0 spiro atoms. The van der Waals surface area contributed by atoms with Crippen LogP contribution in [0.4, 0.5) is 5.69 Å². The summed E-state index contributed by atoms with van der Waals surface area (Å²) in [7, 11) is 0. The fourth-order valence-electron chi connectivity index (χ4n) is 1.94. The van der Waals surface area contributed by atoms with Crippen LogP contribution >= 0.6 is 0 Å². The molecular weight excluding hydrogens is 212 g/mol. The molecule has 0 unspecified atom stereocenters. The maximum atomic E-state index is 5.91. The molecule has 17 heavy (non-hydrogen) atoms. The number of anilines is 1. The van der Waals surface area contributed by atoms with Crippen molar-refractivity contribution >= 4 is 5.69 Å². The van der Waals surface area contributed by atoms with Gasteiger partial charge >= 0.3 is 0 Å². The van der Waals surface area contributed by atoms with E-state index in [-0.39, 0.29) is 0 Å². The van der Waals surface area contributed by atoms with Crippen molar-refractivity contribution in [1.29, 1.82) is 0 Å². The van der Waals surface area contributed by atoms with E-state index >= 15 is 0 Å². The monoisotopic (exact) mass is 226 g/mol. The lowest BCUT2D eigenvalue weighted by molar-refractivity contribution is 0.998. The van der Waals surface area contributed by atoms with Gasteiger partial charge in [-0.1, -0.05) is 0 Å². The van der Waals surface area contributed by atoms with Crippen LogP contribution in [0.25, 0.3) is 11.4 Å². The van der Waals surface area contributed by atoms with Crippen LogP contribution in [0.5, 0.6) is 0 Å². The Morgan fingerprint density at radius 1 is 1.29 bits per heavy atom. The van der Waals surface area contributed by atoms with Gasteiger partial charge in [0.25, 0.3) is 0 Å². The van der Waals surface area contributed by atoms with Crippen molar-refractivity contribution in [1.82, 2.24) is 15.0 Å². The summed E-state index contributed by atoms with van der Waals surface area (Å²) in [5.41, 5.74) is 9.74. The second-order valence-corrected chi connectivity index (χ2v) is 4.50. The minimum absolute atomic E-state index is 0.541. The summed E-state index contributed by atoms with van der Waals surface area (Å²) in [6.07, 6.45) is 7.69. The van der Waals surface area contributed by atoms with Crippen molar-refractivity contribution in [2.45, 2.75) is 25.7 Å². The van der Waals surface area contributed by atoms with Gasteiger partial charge in [-0.3, -0.25) is 4.98 Å². The molecule has 86 valence electrons. The molecule has 2 heterocycles. The second-order valence-electron chi connectivity index (χ2n) is 4.50. The molecule has 1 aliphatic rings. The average molecular weight is 226 g/mol. The molecule has 3 rings (SSSR count). The number of hydrogen-bond donors (Lipinski definition) is 1. The summed E-state index contributed by atoms with van der Waals surface area (Å²) < 4.78 is 0. The number of nitrogens with two attached hydrogens (primary N) is 1. The fraction of sp³-hybridized carbons (Fsp3) is 0.308. The van der Waals surface area contributed by atoms with Crippen molar-refractivity contribution in [3.05, 3.63) is 35.9 Å². The van der Waals surface area contributed by atoms with E-state index in [1.807, 2.05) is 19.2 Å². The number of aryl methyl sites for hydroxylation is 1. The average Bonchev–Trinajstić information content (AvgIpc) is 3.15. The molecule has 2 N–H and O–H groups in total. The lowest BCUT2D eigenvalue weighted by Crippen LogP contribution is -2.01. The van der Waals surface area contributed by atoms with Crippen molar-refractivity contribution < 1.29 is 0 Å². The predicted octanol–water partition coefficient (Wildman–Crippen LogP) is 2.31. The highest BCUT2D eigenvalue weighted by molar-refractivity contribution is 5.60. The minimum atomic E-state index is 0.541. The zero-order chi connectivity index (χ0) is 11.8. The maximum Gasteiger partial charge on any atom is 0.159 e. The normalized spacial score (nSPS) is 14.9. The molecule has 1 saturated carbocycles. The van der Waals surface area contributed by atoms with Gasteiger partial charge in [-0.05, 0) is 31.4 Å². The van der Waals surface area contributed by atoms with E-state index in [2.05, 4.69) is 15.0 Å². The van der Waals surface area contributed by atoms with E-state index in [4.69, 9.17) is 5.73 Å². The number of pyridine rings is 1. The molecule has 0 aromatic carbocycles. The van der Waals surface area contributed by atoms with Crippen LogP contribution < -0.4 is 5.73 Å². The van der Waals surface area contributed by atoms with Gasteiger partial charge in [0, 0.05) is 23.9 Å². The van der Waals surface area contributed by atoms with E-state index in [0.717, 1.165) is 22.6 Å². The van der Waals surface area contributed by atoms with Gasteiger partial charge in [-0.25, -0.2) is 9.97 Å². The molecule has 0 saturated heterocycles. The molecule has 4 heteroatoms. The largest absolute Gasteiger partial charge is 0.396 e. The van der Waals surface area contributed by atoms with Crippen LogP contribution in [-0.4, -0.2) is 15.0 Å². The molecular formula is C13H14N4. The molecule has 2 aromatic heterocycles. The Balaban J connectivity index is 2.09. The maximum absolute atomic E-state index is 5.91. The lowest BCUT2D eigenvalue weighted by atomic mass is 10.1. The summed E-state index contributed by atoms with van der Waals surface area (Å²) in [5, 5.41) is 0. The van der Waals surface area contributed by atoms with Gasteiger partial charge in [0.05, 0.1) is 17.6 Å². The number of nitrogen functional groups attached to an aromatic ring is 1. The Hall–Kier alpha value is -1.97. The van der Waals surface area contributed by atoms with Gasteiger partial charge in [0.1, 0.15) is 0 Å². The van der Waals surface area contributed by atoms with Gasteiger partial charge in [-0.2, -0.15) is 0 Å². The topological polar surface area (TPSA) is 64.7 Å². The SMILES string of the molecule is Cc1cnccc1-c1ncc(N)c(C2CC2)n1. The van der Waals surface area contributed by atoms with Crippen LogP contribution in [0, 0.1) is 6.92 Å². The summed E-state index contributed by atoms with van der Waals surface area (Å²) in [6.45, 7) is 2.01. The summed E-state index contributed by atoms with van der Waals surface area (Å²) >= 11 is 0. The molecule has 0 amide bonds. The minimum Gasteiger partial charge on any atom is -0.396 e. The molecule has 0 bridgehead atoms. The van der Waals surface area contributed by atoms with Crippen molar-refractivity contribution in [2.75, 3.05) is 5.73 Å². The summed E-state index contributed by atoms with van der Waals surface area (Å²) in [5.74, 6) is 1.29. The number of aromatic nitrogens is 3. The first-order chi connectivity index (χ1) is 8.25. The van der Waals surface area contributed by atoms with Crippen LogP contribution in [0.1, 0.15) is 30.0 Å². The van der Waals surface area contributed by atoms with Crippen LogP contribution in [0.15, 0.2) is 24.7 Å². The summed E-state index contributed by atoms with van der Waals surface area (Å²) in [6, 6.07) is 1.94. The Bertz CT molecular complexity index is 561. The third-order valence-corrected chi connectivity index (χ3v) is 3.07. The Kier molecular flexibility index (Phi) is 2.28. The molecule has 1 aliphatic carbocycles. The third kappa shape index (κ3) is 1.86. The molecule has 1 fully saturated rings. The van der Waals surface area contributed by atoms with Crippen LogP contribution in [0.3, 0.4) is 0 Å². The number of nitrogens with zero attached hydrogens (tertiary/aromatic N) is 3. The van der Waals surface area contributed by atoms with E-state index in [9.17, 15) is 0 Å². The van der Waals surface area contributed by atoms with Crippen molar-refractivity contribution in [3.8, 4) is 11.4 Å². The van der Waals surface area contributed by atoms with E-state index < -0.39 is 0 Å². The summed E-state index contributed by atoms with van der Waals surface area (Å²) in [4.78, 5) is 13.0. The van der Waals surface area contributed by atoms with Gasteiger partial charge < -0.3 is 5.73 Å². The molecule has 4 nitrogen and oxygen atoms in total. The van der Waals surface area contributed by atoms with E-state index in [1.165, 1.54) is 12.8 Å². The molecule has 0 aliphatic heterocycles. The quantitative estimate of drug-likeness (QED) is 0.853. The third-order valence-electron chi connectivity index (χ3n) is 3.07. The number of rotatable bonds is 2. The van der Waals surface area contributed by atoms with Crippen LogP contribution in [-0.2, 0) is 0 Å². The van der Waals surface area contributed by atoms with Crippen LogP contribution in [0.2, 0.25) is 0 Å². The van der Waals surface area contributed by atoms with Gasteiger partial charge in [-0.15, -0.1) is 0 Å². The van der Waals surface area contributed by atoms with E-state index in [0.29, 0.717) is 11.6 Å². The molecule has 0 radical (unpaired) electrons. The molecule has 2 aromatic rings. The highest BCUT2D eigenvalue weighted by atomic mass is 14.9. The standard InChI is InChI=1S/C13H14N4/c1-8-6-15-5-4-10(8)13-16-7-11(14)12(17-13)9-2-3-9/h4-7,9H,2-3,14H2,1H3. The lowest BCUT2D eigenvalue weighted by Gasteiger charge is -2.07. The first-order valence-electron chi connectivity index (χ1n) is 5.79. The number of hydrogen-bond acceptors (Lipinski definition) is 4. The van der Waals surface area contributed by atoms with Gasteiger partial charge in [0.15, 0.2) is 5.82 Å². The first-order valence-corrected chi connectivity index (χ1v) is 5.79. The van der Waals surface area contributed by atoms with Gasteiger partial charge in [0.2, 0.25) is 0 Å². The predicted molar refractivity (Wildman–Crippen MR) is 66.4 cm³/mol. The Morgan fingerprint density at radius 2 is 2.12 bits per heavy atom. The van der Waals surface area contributed by atoms with Crippen molar-refractivity contribution in [3.63, 3.8) is 0 Å². The zero-order valence-electron chi connectivity index (χ0n) is 9.72.